The smallest absolute Gasteiger partial charge is 0.241 e. The van der Waals surface area contributed by atoms with Crippen LogP contribution in [0.2, 0.25) is 0 Å². The molecule has 6 heteroatoms. The molecular formula is C14H20N2O3S. The number of benzene rings is 1. The molecule has 1 fully saturated rings. The van der Waals surface area contributed by atoms with Gasteiger partial charge in [0.15, 0.2) is 9.84 Å². The molecule has 0 radical (unpaired) electrons. The Bertz CT molecular complexity index is 619. The molecule has 1 aromatic carbocycles. The molecule has 0 spiro atoms. The molecule has 5 nitrogen and oxygen atoms in total. The van der Waals surface area contributed by atoms with Crippen LogP contribution < -0.4 is 5.73 Å². The third kappa shape index (κ3) is 2.65. The fraction of sp³-hybridized carbons (Fsp3) is 0.500. The summed E-state index contributed by atoms with van der Waals surface area (Å²) >= 11 is 0. The number of carbonyl (C=O) groups is 1. The van der Waals surface area contributed by atoms with Gasteiger partial charge >= 0.3 is 0 Å². The van der Waals surface area contributed by atoms with Gasteiger partial charge in [0, 0.05) is 13.1 Å². The van der Waals surface area contributed by atoms with Crippen molar-refractivity contribution in [2.24, 2.45) is 0 Å². The van der Waals surface area contributed by atoms with E-state index < -0.39 is 15.1 Å². The first-order chi connectivity index (χ1) is 9.34. The first-order valence-electron chi connectivity index (χ1n) is 6.73. The number of nitrogens with zero attached hydrogens (tertiary/aromatic N) is 1. The van der Waals surface area contributed by atoms with Crippen molar-refractivity contribution in [3.63, 3.8) is 0 Å². The fourth-order valence-electron chi connectivity index (χ4n) is 2.41. The van der Waals surface area contributed by atoms with Crippen LogP contribution in [0.25, 0.3) is 0 Å². The van der Waals surface area contributed by atoms with Crippen LogP contribution in [0.15, 0.2) is 23.1 Å². The molecule has 1 unspecified atom stereocenters. The minimum absolute atomic E-state index is 0.0533. The van der Waals surface area contributed by atoms with Gasteiger partial charge in [-0.3, -0.25) is 4.79 Å². The minimum Gasteiger partial charge on any atom is -0.398 e. The van der Waals surface area contributed by atoms with Crippen LogP contribution in [-0.4, -0.2) is 37.6 Å². The van der Waals surface area contributed by atoms with E-state index >= 15 is 0 Å². The van der Waals surface area contributed by atoms with Crippen molar-refractivity contribution in [1.82, 2.24) is 4.90 Å². The van der Waals surface area contributed by atoms with Crippen molar-refractivity contribution in [2.45, 2.75) is 36.8 Å². The summed E-state index contributed by atoms with van der Waals surface area (Å²) in [6, 6.07) is 4.84. The van der Waals surface area contributed by atoms with Crippen LogP contribution in [0.1, 0.15) is 25.3 Å². The van der Waals surface area contributed by atoms with Crippen molar-refractivity contribution < 1.29 is 13.2 Å². The summed E-state index contributed by atoms with van der Waals surface area (Å²) in [4.78, 5) is 13.9. The molecule has 1 aromatic rings. The van der Waals surface area contributed by atoms with E-state index in [1.165, 1.54) is 13.0 Å². The van der Waals surface area contributed by atoms with E-state index in [9.17, 15) is 13.2 Å². The first kappa shape index (κ1) is 14.8. The quantitative estimate of drug-likeness (QED) is 0.854. The Morgan fingerprint density at radius 2 is 1.90 bits per heavy atom. The number of likely N-dealkylation sites (tertiary alicyclic amines) is 1. The number of hydrogen-bond acceptors (Lipinski definition) is 4. The molecule has 1 aliphatic heterocycles. The molecule has 110 valence electrons. The zero-order valence-electron chi connectivity index (χ0n) is 11.8. The van der Waals surface area contributed by atoms with Crippen LogP contribution in [0.5, 0.6) is 0 Å². The highest BCUT2D eigenvalue weighted by molar-refractivity contribution is 7.93. The van der Waals surface area contributed by atoms with Crippen molar-refractivity contribution in [2.75, 3.05) is 18.8 Å². The second kappa shape index (κ2) is 5.44. The van der Waals surface area contributed by atoms with E-state index in [2.05, 4.69) is 0 Å². The number of amides is 1. The van der Waals surface area contributed by atoms with Crippen LogP contribution in [0.4, 0.5) is 5.69 Å². The van der Waals surface area contributed by atoms with E-state index in [4.69, 9.17) is 5.73 Å². The average Bonchev–Trinajstić information content (AvgIpc) is 2.93. The van der Waals surface area contributed by atoms with Crippen LogP contribution in [0, 0.1) is 6.92 Å². The average molecular weight is 296 g/mol. The second-order valence-corrected chi connectivity index (χ2v) is 7.50. The highest BCUT2D eigenvalue weighted by Gasteiger charge is 2.35. The molecule has 1 atom stereocenters. The number of sulfone groups is 1. The van der Waals surface area contributed by atoms with Gasteiger partial charge < -0.3 is 10.6 Å². The predicted octanol–water partition coefficient (Wildman–Crippen LogP) is 1.36. The van der Waals surface area contributed by atoms with Gasteiger partial charge in [0.25, 0.3) is 0 Å². The lowest BCUT2D eigenvalue weighted by molar-refractivity contribution is -0.129. The molecule has 1 amide bonds. The summed E-state index contributed by atoms with van der Waals surface area (Å²) < 4.78 is 25.2. The number of anilines is 1. The number of carbonyl (C=O) groups excluding carboxylic acids is 1. The molecule has 2 rings (SSSR count). The lowest BCUT2D eigenvalue weighted by Gasteiger charge is -2.21. The summed E-state index contributed by atoms with van der Waals surface area (Å²) in [6.45, 7) is 4.52. The molecule has 0 bridgehead atoms. The lowest BCUT2D eigenvalue weighted by Crippen LogP contribution is -2.40. The second-order valence-electron chi connectivity index (χ2n) is 5.26. The summed E-state index contributed by atoms with van der Waals surface area (Å²) in [5.41, 5.74) is 6.76. The molecule has 0 saturated carbocycles. The number of nitrogens with two attached hydrogens (primary N) is 1. The highest BCUT2D eigenvalue weighted by atomic mass is 32.2. The van der Waals surface area contributed by atoms with E-state index in [-0.39, 0.29) is 16.5 Å². The molecule has 20 heavy (non-hydrogen) atoms. The third-order valence-corrected chi connectivity index (χ3v) is 5.81. The maximum atomic E-state index is 12.6. The van der Waals surface area contributed by atoms with E-state index in [0.29, 0.717) is 13.1 Å². The van der Waals surface area contributed by atoms with Gasteiger partial charge in [-0.1, -0.05) is 6.07 Å². The van der Waals surface area contributed by atoms with Crippen LogP contribution in [0.3, 0.4) is 0 Å². The van der Waals surface area contributed by atoms with Gasteiger partial charge in [-0.05, 0) is 44.4 Å². The monoisotopic (exact) mass is 296 g/mol. The van der Waals surface area contributed by atoms with Gasteiger partial charge in [0.2, 0.25) is 5.91 Å². The topological polar surface area (TPSA) is 80.5 Å². The Labute approximate surface area is 119 Å². The molecular weight excluding hydrogens is 276 g/mol. The first-order valence-corrected chi connectivity index (χ1v) is 8.27. The summed E-state index contributed by atoms with van der Waals surface area (Å²) in [7, 11) is -3.75. The Hall–Kier alpha value is -1.56. The maximum Gasteiger partial charge on any atom is 0.241 e. The van der Waals surface area contributed by atoms with Gasteiger partial charge in [0.05, 0.1) is 10.6 Å². The minimum atomic E-state index is -3.75. The Morgan fingerprint density at radius 1 is 1.30 bits per heavy atom. The molecule has 2 N–H and O–H groups in total. The van der Waals surface area contributed by atoms with Gasteiger partial charge in [-0.25, -0.2) is 8.42 Å². The van der Waals surface area contributed by atoms with Crippen molar-refractivity contribution in [3.8, 4) is 0 Å². The summed E-state index contributed by atoms with van der Waals surface area (Å²) in [6.07, 6.45) is 1.87. The largest absolute Gasteiger partial charge is 0.398 e. The summed E-state index contributed by atoms with van der Waals surface area (Å²) in [5.74, 6) is -0.330. The molecule has 0 aliphatic carbocycles. The van der Waals surface area contributed by atoms with E-state index in [1.807, 2.05) is 0 Å². The number of hydrogen-bond donors (Lipinski definition) is 1. The Kier molecular flexibility index (Phi) is 4.04. The highest BCUT2D eigenvalue weighted by Crippen LogP contribution is 2.25. The standard InChI is InChI=1S/C14H20N2O3S/c1-10-5-6-12(15)13(9-10)20(18,19)11(2)14(17)16-7-3-4-8-16/h5-6,9,11H,3-4,7-8,15H2,1-2H3. The Morgan fingerprint density at radius 3 is 2.50 bits per heavy atom. The summed E-state index contributed by atoms with van der Waals surface area (Å²) in [5, 5.41) is -1.09. The maximum absolute atomic E-state index is 12.6. The lowest BCUT2D eigenvalue weighted by atomic mass is 10.2. The zero-order chi connectivity index (χ0) is 14.9. The van der Waals surface area contributed by atoms with Gasteiger partial charge in [-0.15, -0.1) is 0 Å². The van der Waals surface area contributed by atoms with Crippen LogP contribution >= 0.6 is 0 Å². The van der Waals surface area contributed by atoms with Gasteiger partial charge in [0.1, 0.15) is 5.25 Å². The van der Waals surface area contributed by atoms with Crippen molar-refractivity contribution in [3.05, 3.63) is 23.8 Å². The molecule has 1 aliphatic rings. The molecule has 0 aromatic heterocycles. The number of rotatable bonds is 3. The predicted molar refractivity (Wildman–Crippen MR) is 78.1 cm³/mol. The van der Waals surface area contributed by atoms with Gasteiger partial charge in [-0.2, -0.15) is 0 Å². The fourth-order valence-corrected chi connectivity index (χ4v) is 3.95. The number of nitrogen functional groups attached to an aromatic ring is 1. The zero-order valence-corrected chi connectivity index (χ0v) is 12.6. The van der Waals surface area contributed by atoms with E-state index in [1.54, 1.807) is 24.0 Å². The van der Waals surface area contributed by atoms with Crippen LogP contribution in [-0.2, 0) is 14.6 Å². The molecule has 1 heterocycles. The van der Waals surface area contributed by atoms with Crippen molar-refractivity contribution >= 4 is 21.4 Å². The van der Waals surface area contributed by atoms with Crippen molar-refractivity contribution in [1.29, 1.82) is 0 Å². The third-order valence-electron chi connectivity index (χ3n) is 3.71. The SMILES string of the molecule is Cc1ccc(N)c(S(=O)(=O)C(C)C(=O)N2CCCC2)c1. The normalized spacial score (nSPS) is 17.2. The number of aryl methyl sites for hydroxylation is 1. The van der Waals surface area contributed by atoms with E-state index in [0.717, 1.165) is 18.4 Å². The molecule has 1 saturated heterocycles. The Balaban J connectivity index is 2.33.